The maximum Gasteiger partial charge on any atom is 0.169 e. The molecular formula is C18H28O6. The lowest BCUT2D eigenvalue weighted by atomic mass is 9.85. The molecule has 5 aliphatic rings. The summed E-state index contributed by atoms with van der Waals surface area (Å²) in [6, 6.07) is 0. The minimum atomic E-state index is -0.986. The third-order valence-electron chi connectivity index (χ3n) is 6.63. The quantitative estimate of drug-likeness (QED) is 0.698. The van der Waals surface area contributed by atoms with Crippen LogP contribution in [0.1, 0.15) is 64.2 Å². The van der Waals surface area contributed by atoms with Gasteiger partial charge in [0.15, 0.2) is 11.6 Å². The summed E-state index contributed by atoms with van der Waals surface area (Å²) in [5, 5.41) is 21.2. The van der Waals surface area contributed by atoms with E-state index in [2.05, 4.69) is 0 Å². The van der Waals surface area contributed by atoms with Gasteiger partial charge in [0.05, 0.1) is 0 Å². The van der Waals surface area contributed by atoms with Gasteiger partial charge in [0, 0.05) is 25.7 Å². The normalized spacial score (nSPS) is 49.2. The van der Waals surface area contributed by atoms with E-state index >= 15 is 0 Å². The molecule has 2 N–H and O–H groups in total. The Labute approximate surface area is 142 Å². The molecule has 0 aromatic heterocycles. The number of hydrogen-bond donors (Lipinski definition) is 2. The number of hydrogen-bond acceptors (Lipinski definition) is 6. The molecule has 5 rings (SSSR count). The van der Waals surface area contributed by atoms with E-state index in [0.29, 0.717) is 0 Å². The van der Waals surface area contributed by atoms with Crippen molar-refractivity contribution in [2.45, 2.75) is 112 Å². The van der Waals surface area contributed by atoms with E-state index in [-0.39, 0.29) is 12.2 Å². The maximum absolute atomic E-state index is 10.6. The lowest BCUT2D eigenvalue weighted by Crippen LogP contribution is -2.61. The molecule has 6 atom stereocenters. The first-order chi connectivity index (χ1) is 11.6. The van der Waals surface area contributed by atoms with Gasteiger partial charge in [0.25, 0.3) is 0 Å². The number of fused-ring (bicyclic) bond motifs is 3. The highest BCUT2D eigenvalue weighted by molar-refractivity contribution is 5.09. The van der Waals surface area contributed by atoms with Gasteiger partial charge in [0.1, 0.15) is 36.6 Å². The van der Waals surface area contributed by atoms with Crippen LogP contribution in [0.25, 0.3) is 0 Å². The van der Waals surface area contributed by atoms with Crippen molar-refractivity contribution in [3.8, 4) is 0 Å². The van der Waals surface area contributed by atoms with E-state index in [0.717, 1.165) is 51.4 Å². The summed E-state index contributed by atoms with van der Waals surface area (Å²) in [5.41, 5.74) is 0. The van der Waals surface area contributed by atoms with Crippen LogP contribution in [0.5, 0.6) is 0 Å². The zero-order valence-corrected chi connectivity index (χ0v) is 14.1. The van der Waals surface area contributed by atoms with Crippen molar-refractivity contribution in [3.63, 3.8) is 0 Å². The Kier molecular flexibility index (Phi) is 3.75. The van der Waals surface area contributed by atoms with Gasteiger partial charge in [-0.3, -0.25) is 0 Å². The first-order valence-electron chi connectivity index (χ1n) is 9.69. The third-order valence-corrected chi connectivity index (χ3v) is 6.63. The molecule has 0 aromatic carbocycles. The summed E-state index contributed by atoms with van der Waals surface area (Å²) in [4.78, 5) is 0. The fraction of sp³-hybridized carbons (Fsp3) is 1.00. The van der Waals surface area contributed by atoms with Crippen molar-refractivity contribution in [1.82, 2.24) is 0 Å². The molecule has 3 saturated carbocycles. The Bertz CT molecular complexity index is 440. The Morgan fingerprint density at radius 3 is 1.21 bits per heavy atom. The molecule has 0 unspecified atom stereocenters. The molecule has 2 heterocycles. The zero-order chi connectivity index (χ0) is 16.4. The summed E-state index contributed by atoms with van der Waals surface area (Å²) < 4.78 is 25.1. The van der Waals surface area contributed by atoms with Gasteiger partial charge in [-0.1, -0.05) is 12.8 Å². The van der Waals surface area contributed by atoms with Gasteiger partial charge < -0.3 is 29.2 Å². The highest BCUT2D eigenvalue weighted by Gasteiger charge is 2.65. The SMILES string of the molecule is O[C@@H]1[C@@H](O)[C@@H]2OC3(CCCCC3)O[C@H]2[C@@H]2OC3(CCCCC3)O[C@H]12. The minimum Gasteiger partial charge on any atom is -0.387 e. The number of rotatable bonds is 0. The van der Waals surface area contributed by atoms with E-state index in [1.54, 1.807) is 0 Å². The summed E-state index contributed by atoms with van der Waals surface area (Å²) in [6.45, 7) is 0. The van der Waals surface area contributed by atoms with Crippen LogP contribution >= 0.6 is 0 Å². The van der Waals surface area contributed by atoms with Crippen LogP contribution in [0, 0.1) is 0 Å². The fourth-order valence-corrected chi connectivity index (χ4v) is 5.39. The minimum absolute atomic E-state index is 0.354. The molecule has 2 aliphatic heterocycles. The second kappa shape index (κ2) is 5.63. The highest BCUT2D eigenvalue weighted by Crippen LogP contribution is 2.51. The highest BCUT2D eigenvalue weighted by atomic mass is 16.8. The van der Waals surface area contributed by atoms with Crippen molar-refractivity contribution in [3.05, 3.63) is 0 Å². The van der Waals surface area contributed by atoms with E-state index in [4.69, 9.17) is 18.9 Å². The van der Waals surface area contributed by atoms with Crippen LogP contribution in [-0.2, 0) is 18.9 Å². The monoisotopic (exact) mass is 340 g/mol. The Hall–Kier alpha value is -0.240. The Balaban J connectivity index is 1.42. The lowest BCUT2D eigenvalue weighted by Gasteiger charge is -2.38. The predicted molar refractivity (Wildman–Crippen MR) is 83.1 cm³/mol. The van der Waals surface area contributed by atoms with Gasteiger partial charge in [0.2, 0.25) is 0 Å². The molecule has 0 radical (unpaired) electrons. The second-order valence-electron chi connectivity index (χ2n) is 8.25. The molecule has 0 bridgehead atoms. The summed E-state index contributed by atoms with van der Waals surface area (Å²) in [6.07, 6.45) is 6.38. The average molecular weight is 340 g/mol. The van der Waals surface area contributed by atoms with Gasteiger partial charge in [-0.05, 0) is 25.7 Å². The molecule has 2 saturated heterocycles. The Morgan fingerprint density at radius 1 is 0.500 bits per heavy atom. The maximum atomic E-state index is 10.6. The molecule has 136 valence electrons. The number of ether oxygens (including phenoxy) is 4. The van der Waals surface area contributed by atoms with Gasteiger partial charge in [-0.2, -0.15) is 0 Å². The summed E-state index contributed by atoms with van der Waals surface area (Å²) in [5.74, 6) is -1.20. The summed E-state index contributed by atoms with van der Waals surface area (Å²) in [7, 11) is 0. The predicted octanol–water partition coefficient (Wildman–Crippen LogP) is 1.61. The van der Waals surface area contributed by atoms with Crippen LogP contribution in [-0.4, -0.2) is 58.4 Å². The van der Waals surface area contributed by atoms with Gasteiger partial charge in [-0.25, -0.2) is 0 Å². The van der Waals surface area contributed by atoms with Crippen molar-refractivity contribution in [2.24, 2.45) is 0 Å². The van der Waals surface area contributed by atoms with Gasteiger partial charge in [-0.15, -0.1) is 0 Å². The molecule has 3 aliphatic carbocycles. The van der Waals surface area contributed by atoms with E-state index in [1.807, 2.05) is 0 Å². The standard InChI is InChI=1S/C18H28O6/c19-11-12(20)14-16(24-18(22-14)9-5-2-6-10-18)15-13(11)21-17(23-15)7-3-1-4-8-17/h11-16,19-20H,1-10H2/t11-,12-,13-,14+,15-,16-/m1/s1. The van der Waals surface area contributed by atoms with Crippen LogP contribution < -0.4 is 0 Å². The molecule has 24 heavy (non-hydrogen) atoms. The Morgan fingerprint density at radius 2 is 0.833 bits per heavy atom. The second-order valence-corrected chi connectivity index (χ2v) is 8.25. The van der Waals surface area contributed by atoms with Gasteiger partial charge >= 0.3 is 0 Å². The zero-order valence-electron chi connectivity index (χ0n) is 14.1. The first kappa shape index (κ1) is 16.0. The van der Waals surface area contributed by atoms with Crippen molar-refractivity contribution >= 4 is 0 Å². The number of aliphatic hydroxyl groups excluding tert-OH is 2. The molecule has 0 amide bonds. The fourth-order valence-electron chi connectivity index (χ4n) is 5.39. The van der Waals surface area contributed by atoms with Crippen molar-refractivity contribution in [2.75, 3.05) is 0 Å². The molecule has 5 fully saturated rings. The molecule has 0 aromatic rings. The van der Waals surface area contributed by atoms with E-state index < -0.39 is 36.0 Å². The van der Waals surface area contributed by atoms with Crippen LogP contribution in [0.15, 0.2) is 0 Å². The van der Waals surface area contributed by atoms with Crippen LogP contribution in [0.2, 0.25) is 0 Å². The number of aliphatic hydroxyl groups is 2. The summed E-state index contributed by atoms with van der Waals surface area (Å²) >= 11 is 0. The largest absolute Gasteiger partial charge is 0.387 e. The lowest BCUT2D eigenvalue weighted by molar-refractivity contribution is -0.224. The smallest absolute Gasteiger partial charge is 0.169 e. The van der Waals surface area contributed by atoms with Crippen LogP contribution in [0.3, 0.4) is 0 Å². The first-order valence-corrected chi connectivity index (χ1v) is 9.69. The molecule has 6 nitrogen and oxygen atoms in total. The average Bonchev–Trinajstić information content (AvgIpc) is 3.14. The van der Waals surface area contributed by atoms with E-state index in [9.17, 15) is 10.2 Å². The van der Waals surface area contributed by atoms with Crippen molar-refractivity contribution < 1.29 is 29.2 Å². The van der Waals surface area contributed by atoms with Crippen molar-refractivity contribution in [1.29, 1.82) is 0 Å². The molecular weight excluding hydrogens is 312 g/mol. The molecule has 6 heteroatoms. The van der Waals surface area contributed by atoms with Crippen LogP contribution in [0.4, 0.5) is 0 Å². The molecule has 2 spiro atoms. The topological polar surface area (TPSA) is 77.4 Å². The third kappa shape index (κ3) is 2.31. The van der Waals surface area contributed by atoms with E-state index in [1.165, 1.54) is 12.8 Å².